The van der Waals surface area contributed by atoms with Crippen LogP contribution in [0.4, 0.5) is 8.78 Å². The molecule has 0 fully saturated rings. The largest absolute Gasteiger partial charge is 0.359 e. The molecule has 72 valence electrons. The molecule has 14 heavy (non-hydrogen) atoms. The molecule has 0 radical (unpaired) electrons. The van der Waals surface area contributed by atoms with Gasteiger partial charge in [-0.05, 0) is 31.2 Å². The Morgan fingerprint density at radius 3 is 2.14 bits per heavy atom. The molecule has 0 aliphatic carbocycles. The van der Waals surface area contributed by atoms with Crippen molar-refractivity contribution < 1.29 is 8.78 Å². The highest BCUT2D eigenvalue weighted by Gasteiger charge is 2.03. The van der Waals surface area contributed by atoms with Gasteiger partial charge in [-0.2, -0.15) is 0 Å². The van der Waals surface area contributed by atoms with E-state index in [1.807, 2.05) is 13.0 Å². The second-order valence-corrected chi connectivity index (χ2v) is 3.21. The first-order valence-corrected chi connectivity index (χ1v) is 4.27. The van der Waals surface area contributed by atoms with Crippen molar-refractivity contribution in [1.82, 2.24) is 4.98 Å². The first-order valence-electron chi connectivity index (χ1n) is 4.27. The van der Waals surface area contributed by atoms with E-state index in [0.717, 1.165) is 17.5 Å². The predicted octanol–water partition coefficient (Wildman–Crippen LogP) is 3.27. The van der Waals surface area contributed by atoms with Gasteiger partial charge in [0, 0.05) is 23.0 Å². The molecule has 0 atom stereocenters. The zero-order valence-electron chi connectivity index (χ0n) is 7.64. The minimum Gasteiger partial charge on any atom is -0.359 e. The summed E-state index contributed by atoms with van der Waals surface area (Å²) in [6, 6.07) is 7.11. The van der Waals surface area contributed by atoms with Gasteiger partial charge in [-0.15, -0.1) is 0 Å². The van der Waals surface area contributed by atoms with Crippen molar-refractivity contribution in [3.05, 3.63) is 47.7 Å². The maximum atomic E-state index is 12.9. The monoisotopic (exact) mass is 193 g/mol. The minimum atomic E-state index is -0.563. The lowest BCUT2D eigenvalue weighted by molar-refractivity contribution is 0.584. The SMILES string of the molecule is Cc1ccc(-c2cc(F)cc(F)c2)[nH]1. The standard InChI is InChI=1S/C11H9F2N/c1-7-2-3-11(14-7)8-4-9(12)6-10(13)5-8/h2-6,14H,1H3. The Morgan fingerprint density at radius 1 is 1.00 bits per heavy atom. The van der Waals surface area contributed by atoms with E-state index in [1.54, 1.807) is 6.07 Å². The molecule has 1 aromatic carbocycles. The molecule has 0 aliphatic heterocycles. The van der Waals surface area contributed by atoms with E-state index >= 15 is 0 Å². The molecule has 0 aliphatic rings. The van der Waals surface area contributed by atoms with Crippen molar-refractivity contribution in [2.45, 2.75) is 6.92 Å². The van der Waals surface area contributed by atoms with E-state index in [1.165, 1.54) is 12.1 Å². The van der Waals surface area contributed by atoms with Gasteiger partial charge < -0.3 is 4.98 Å². The van der Waals surface area contributed by atoms with Crippen LogP contribution in [0.15, 0.2) is 30.3 Å². The van der Waals surface area contributed by atoms with Crippen molar-refractivity contribution in [3.8, 4) is 11.3 Å². The van der Waals surface area contributed by atoms with Gasteiger partial charge >= 0.3 is 0 Å². The number of hydrogen-bond donors (Lipinski definition) is 1. The van der Waals surface area contributed by atoms with Crippen LogP contribution in [-0.4, -0.2) is 4.98 Å². The zero-order chi connectivity index (χ0) is 10.1. The van der Waals surface area contributed by atoms with E-state index in [2.05, 4.69) is 4.98 Å². The molecule has 1 N–H and O–H groups in total. The van der Waals surface area contributed by atoms with Crippen LogP contribution in [0.25, 0.3) is 11.3 Å². The van der Waals surface area contributed by atoms with E-state index < -0.39 is 11.6 Å². The number of H-pyrrole nitrogens is 1. The van der Waals surface area contributed by atoms with Gasteiger partial charge in [0.2, 0.25) is 0 Å². The summed E-state index contributed by atoms with van der Waals surface area (Å²) < 4.78 is 25.7. The fraction of sp³-hybridized carbons (Fsp3) is 0.0909. The molecule has 3 heteroatoms. The molecular weight excluding hydrogens is 184 g/mol. The Bertz CT molecular complexity index is 440. The minimum absolute atomic E-state index is 0.524. The van der Waals surface area contributed by atoms with Crippen LogP contribution in [0.3, 0.4) is 0 Å². The van der Waals surface area contributed by atoms with Gasteiger partial charge in [-0.3, -0.25) is 0 Å². The lowest BCUT2D eigenvalue weighted by atomic mass is 10.1. The molecule has 1 heterocycles. The molecule has 0 unspecified atom stereocenters. The molecular formula is C11H9F2N. The fourth-order valence-corrected chi connectivity index (χ4v) is 1.38. The second-order valence-electron chi connectivity index (χ2n) is 3.21. The van der Waals surface area contributed by atoms with Crippen LogP contribution in [0.5, 0.6) is 0 Å². The second kappa shape index (κ2) is 3.25. The summed E-state index contributed by atoms with van der Waals surface area (Å²) in [7, 11) is 0. The van der Waals surface area contributed by atoms with Crippen molar-refractivity contribution in [2.75, 3.05) is 0 Å². The maximum absolute atomic E-state index is 12.9. The quantitative estimate of drug-likeness (QED) is 0.715. The molecule has 0 saturated carbocycles. The van der Waals surface area contributed by atoms with E-state index in [-0.39, 0.29) is 0 Å². The zero-order valence-corrected chi connectivity index (χ0v) is 7.64. The summed E-state index contributed by atoms with van der Waals surface area (Å²) in [4.78, 5) is 3.01. The van der Waals surface area contributed by atoms with Gasteiger partial charge in [-0.25, -0.2) is 8.78 Å². The third-order valence-electron chi connectivity index (χ3n) is 2.01. The Morgan fingerprint density at radius 2 is 1.64 bits per heavy atom. The summed E-state index contributed by atoms with van der Waals surface area (Å²) in [5, 5.41) is 0. The first kappa shape index (κ1) is 8.94. The topological polar surface area (TPSA) is 15.8 Å². The number of nitrogens with one attached hydrogen (secondary N) is 1. The smallest absolute Gasteiger partial charge is 0.126 e. The number of aromatic amines is 1. The van der Waals surface area contributed by atoms with E-state index in [0.29, 0.717) is 5.56 Å². The normalized spacial score (nSPS) is 10.5. The Labute approximate surface area is 80.4 Å². The molecule has 1 nitrogen and oxygen atoms in total. The summed E-state index contributed by atoms with van der Waals surface area (Å²) >= 11 is 0. The summed E-state index contributed by atoms with van der Waals surface area (Å²) in [6.45, 7) is 1.89. The Hall–Kier alpha value is -1.64. The van der Waals surface area contributed by atoms with Gasteiger partial charge in [0.15, 0.2) is 0 Å². The van der Waals surface area contributed by atoms with Crippen LogP contribution in [0.1, 0.15) is 5.69 Å². The number of aromatic nitrogens is 1. The molecule has 2 aromatic rings. The number of halogens is 2. The molecule has 0 bridgehead atoms. The van der Waals surface area contributed by atoms with Crippen molar-refractivity contribution in [3.63, 3.8) is 0 Å². The van der Waals surface area contributed by atoms with Crippen LogP contribution < -0.4 is 0 Å². The molecule has 0 saturated heterocycles. The lowest BCUT2D eigenvalue weighted by Crippen LogP contribution is -1.84. The highest BCUT2D eigenvalue weighted by molar-refractivity contribution is 5.59. The number of hydrogen-bond acceptors (Lipinski definition) is 0. The van der Waals surface area contributed by atoms with Crippen LogP contribution in [0, 0.1) is 18.6 Å². The van der Waals surface area contributed by atoms with Gasteiger partial charge in [0.1, 0.15) is 11.6 Å². The number of rotatable bonds is 1. The van der Waals surface area contributed by atoms with Gasteiger partial charge in [-0.1, -0.05) is 0 Å². The Kier molecular flexibility index (Phi) is 2.08. The van der Waals surface area contributed by atoms with Gasteiger partial charge in [0.25, 0.3) is 0 Å². The van der Waals surface area contributed by atoms with E-state index in [9.17, 15) is 8.78 Å². The summed E-state index contributed by atoms with van der Waals surface area (Å²) in [5.41, 5.74) is 2.21. The highest BCUT2D eigenvalue weighted by atomic mass is 19.1. The van der Waals surface area contributed by atoms with Crippen LogP contribution in [-0.2, 0) is 0 Å². The fourth-order valence-electron chi connectivity index (χ4n) is 1.38. The van der Waals surface area contributed by atoms with E-state index in [4.69, 9.17) is 0 Å². The predicted molar refractivity (Wildman–Crippen MR) is 50.9 cm³/mol. The molecule has 0 spiro atoms. The van der Waals surface area contributed by atoms with Crippen LogP contribution in [0.2, 0.25) is 0 Å². The van der Waals surface area contributed by atoms with Crippen molar-refractivity contribution in [1.29, 1.82) is 0 Å². The first-order chi connectivity index (χ1) is 6.65. The lowest BCUT2D eigenvalue weighted by Gasteiger charge is -1.98. The third-order valence-corrected chi connectivity index (χ3v) is 2.01. The van der Waals surface area contributed by atoms with Crippen LogP contribution >= 0.6 is 0 Å². The number of benzene rings is 1. The average Bonchev–Trinajstić information content (AvgIpc) is 2.50. The maximum Gasteiger partial charge on any atom is 0.126 e. The average molecular weight is 193 g/mol. The third kappa shape index (κ3) is 1.66. The summed E-state index contributed by atoms with van der Waals surface area (Å²) in [5.74, 6) is -1.13. The Balaban J connectivity index is 2.51. The highest BCUT2D eigenvalue weighted by Crippen LogP contribution is 2.20. The van der Waals surface area contributed by atoms with Crippen molar-refractivity contribution in [2.24, 2.45) is 0 Å². The summed E-state index contributed by atoms with van der Waals surface area (Å²) in [6.07, 6.45) is 0. The molecule has 1 aromatic heterocycles. The molecule has 2 rings (SSSR count). The van der Waals surface area contributed by atoms with Gasteiger partial charge in [0.05, 0.1) is 0 Å². The van der Waals surface area contributed by atoms with Crippen molar-refractivity contribution >= 4 is 0 Å². The molecule has 0 amide bonds. The number of aryl methyl sites for hydroxylation is 1.